The Labute approximate surface area is 119 Å². The van der Waals surface area contributed by atoms with Crippen molar-refractivity contribution in [2.75, 3.05) is 0 Å². The van der Waals surface area contributed by atoms with Crippen molar-refractivity contribution < 1.29 is 14.3 Å². The molecule has 1 aromatic heterocycles. The first-order valence-electron chi connectivity index (χ1n) is 5.50. The van der Waals surface area contributed by atoms with Crippen LogP contribution >= 0.6 is 23.2 Å². The zero-order chi connectivity index (χ0) is 14.0. The van der Waals surface area contributed by atoms with Crippen LogP contribution in [0.3, 0.4) is 0 Å². The number of halogens is 2. The van der Waals surface area contributed by atoms with Crippen molar-refractivity contribution in [2.45, 2.75) is 12.5 Å². The van der Waals surface area contributed by atoms with E-state index in [1.54, 1.807) is 30.3 Å². The number of carbonyl (C=O) groups is 1. The molecule has 1 aromatic carbocycles. The van der Waals surface area contributed by atoms with Crippen molar-refractivity contribution in [2.24, 2.45) is 5.73 Å². The number of hydrogen-bond donors (Lipinski definition) is 2. The second-order valence-corrected chi connectivity index (χ2v) is 4.88. The van der Waals surface area contributed by atoms with Gasteiger partial charge in [0.1, 0.15) is 17.6 Å². The zero-order valence-corrected chi connectivity index (χ0v) is 11.3. The molecular formula is C13H11Cl2NO3. The van der Waals surface area contributed by atoms with Gasteiger partial charge in [-0.1, -0.05) is 23.2 Å². The van der Waals surface area contributed by atoms with Gasteiger partial charge in [-0.05, 0) is 30.3 Å². The molecule has 2 rings (SSSR count). The predicted molar refractivity (Wildman–Crippen MR) is 73.5 cm³/mol. The highest BCUT2D eigenvalue weighted by atomic mass is 35.5. The Morgan fingerprint density at radius 1 is 1.32 bits per heavy atom. The van der Waals surface area contributed by atoms with Gasteiger partial charge in [0, 0.05) is 17.0 Å². The van der Waals surface area contributed by atoms with Crippen molar-refractivity contribution >= 4 is 29.2 Å². The number of furan rings is 1. The fourth-order valence-corrected chi connectivity index (χ4v) is 2.13. The van der Waals surface area contributed by atoms with Gasteiger partial charge in [-0.15, -0.1) is 0 Å². The summed E-state index contributed by atoms with van der Waals surface area (Å²) in [6.45, 7) is 0. The number of rotatable bonds is 4. The van der Waals surface area contributed by atoms with Crippen molar-refractivity contribution in [3.05, 3.63) is 46.1 Å². The third-order valence-electron chi connectivity index (χ3n) is 2.60. The summed E-state index contributed by atoms with van der Waals surface area (Å²) in [7, 11) is 0. The molecule has 0 aliphatic rings. The summed E-state index contributed by atoms with van der Waals surface area (Å²) in [6, 6.07) is 7.48. The maximum Gasteiger partial charge on any atom is 0.320 e. The molecule has 0 saturated heterocycles. The van der Waals surface area contributed by atoms with Gasteiger partial charge in [0.2, 0.25) is 0 Å². The molecule has 4 nitrogen and oxygen atoms in total. The van der Waals surface area contributed by atoms with Crippen molar-refractivity contribution in [1.82, 2.24) is 0 Å². The van der Waals surface area contributed by atoms with Crippen LogP contribution in [0.4, 0.5) is 0 Å². The molecule has 1 heterocycles. The SMILES string of the molecule is NC(Cc1ccc(-c2ccc(Cl)cc2Cl)o1)C(=O)O. The molecule has 0 spiro atoms. The van der Waals surface area contributed by atoms with E-state index in [0.29, 0.717) is 27.1 Å². The summed E-state index contributed by atoms with van der Waals surface area (Å²) in [5, 5.41) is 9.74. The highest BCUT2D eigenvalue weighted by molar-refractivity contribution is 6.36. The second-order valence-electron chi connectivity index (χ2n) is 4.04. The van der Waals surface area contributed by atoms with E-state index in [2.05, 4.69) is 0 Å². The standard InChI is InChI=1S/C13H11Cl2NO3/c14-7-1-3-9(10(15)5-7)12-4-2-8(19-12)6-11(16)13(17)18/h1-5,11H,6,16H2,(H,17,18). The third-order valence-corrected chi connectivity index (χ3v) is 3.14. The van der Waals surface area contributed by atoms with E-state index in [9.17, 15) is 4.79 Å². The van der Waals surface area contributed by atoms with Gasteiger partial charge in [-0.2, -0.15) is 0 Å². The van der Waals surface area contributed by atoms with E-state index in [1.807, 2.05) is 0 Å². The monoisotopic (exact) mass is 299 g/mol. The Morgan fingerprint density at radius 2 is 2.05 bits per heavy atom. The van der Waals surface area contributed by atoms with Gasteiger partial charge in [0.05, 0.1) is 5.02 Å². The van der Waals surface area contributed by atoms with E-state index >= 15 is 0 Å². The minimum Gasteiger partial charge on any atom is -0.480 e. The van der Waals surface area contributed by atoms with E-state index in [-0.39, 0.29) is 6.42 Å². The smallest absolute Gasteiger partial charge is 0.320 e. The number of carboxylic acid groups (broad SMARTS) is 1. The lowest BCUT2D eigenvalue weighted by molar-refractivity contribution is -0.138. The summed E-state index contributed by atoms with van der Waals surface area (Å²) in [4.78, 5) is 10.7. The van der Waals surface area contributed by atoms with Crippen LogP contribution in [0.2, 0.25) is 10.0 Å². The van der Waals surface area contributed by atoms with Crippen molar-refractivity contribution in [3.8, 4) is 11.3 Å². The lowest BCUT2D eigenvalue weighted by atomic mass is 10.1. The Morgan fingerprint density at radius 3 is 2.68 bits per heavy atom. The number of benzene rings is 1. The molecular weight excluding hydrogens is 289 g/mol. The average Bonchev–Trinajstić information content (AvgIpc) is 2.77. The van der Waals surface area contributed by atoms with Crippen molar-refractivity contribution in [1.29, 1.82) is 0 Å². The van der Waals surface area contributed by atoms with Gasteiger partial charge in [-0.25, -0.2) is 0 Å². The number of carboxylic acids is 1. The van der Waals surface area contributed by atoms with Crippen LogP contribution in [-0.4, -0.2) is 17.1 Å². The summed E-state index contributed by atoms with van der Waals surface area (Å²) >= 11 is 11.9. The van der Waals surface area contributed by atoms with Crippen LogP contribution in [0.1, 0.15) is 5.76 Å². The lowest BCUT2D eigenvalue weighted by Gasteiger charge is -2.04. The summed E-state index contributed by atoms with van der Waals surface area (Å²) in [5.41, 5.74) is 6.14. The van der Waals surface area contributed by atoms with Crippen LogP contribution in [0.5, 0.6) is 0 Å². The maximum absolute atomic E-state index is 10.7. The van der Waals surface area contributed by atoms with Crippen LogP contribution in [0.15, 0.2) is 34.7 Å². The molecule has 3 N–H and O–H groups in total. The van der Waals surface area contributed by atoms with Gasteiger partial charge < -0.3 is 15.3 Å². The van der Waals surface area contributed by atoms with Gasteiger partial charge in [0.15, 0.2) is 0 Å². The third kappa shape index (κ3) is 3.29. The van der Waals surface area contributed by atoms with E-state index in [1.165, 1.54) is 0 Å². The normalized spacial score (nSPS) is 12.4. The molecule has 0 saturated carbocycles. The molecule has 6 heteroatoms. The fraction of sp³-hybridized carbons (Fsp3) is 0.154. The molecule has 1 atom stereocenters. The summed E-state index contributed by atoms with van der Waals surface area (Å²) in [6.07, 6.45) is 0.126. The molecule has 0 amide bonds. The van der Waals surface area contributed by atoms with E-state index < -0.39 is 12.0 Å². The molecule has 2 aromatic rings. The Balaban J connectivity index is 2.23. The second kappa shape index (κ2) is 5.65. The predicted octanol–water partition coefficient (Wildman–Crippen LogP) is 3.21. The number of nitrogens with two attached hydrogens (primary N) is 1. The molecule has 0 bridgehead atoms. The number of aliphatic carboxylic acids is 1. The average molecular weight is 300 g/mol. The summed E-state index contributed by atoms with van der Waals surface area (Å²) in [5.74, 6) is -0.0207. The van der Waals surface area contributed by atoms with Crippen LogP contribution in [0.25, 0.3) is 11.3 Å². The first-order chi connectivity index (χ1) is 8.97. The molecule has 0 radical (unpaired) electrons. The maximum atomic E-state index is 10.7. The quantitative estimate of drug-likeness (QED) is 0.909. The van der Waals surface area contributed by atoms with Crippen LogP contribution in [-0.2, 0) is 11.2 Å². The lowest BCUT2D eigenvalue weighted by Crippen LogP contribution is -2.32. The van der Waals surface area contributed by atoms with Gasteiger partial charge in [-0.3, -0.25) is 4.79 Å². The minimum absolute atomic E-state index is 0.126. The van der Waals surface area contributed by atoms with Crippen LogP contribution < -0.4 is 5.73 Å². The summed E-state index contributed by atoms with van der Waals surface area (Å²) < 4.78 is 5.54. The molecule has 100 valence electrons. The zero-order valence-electron chi connectivity index (χ0n) is 9.77. The molecule has 0 aliphatic heterocycles. The Kier molecular flexibility index (Phi) is 4.14. The van der Waals surface area contributed by atoms with Crippen LogP contribution in [0, 0.1) is 0 Å². The largest absolute Gasteiger partial charge is 0.480 e. The highest BCUT2D eigenvalue weighted by Crippen LogP contribution is 2.31. The minimum atomic E-state index is -1.07. The van der Waals surface area contributed by atoms with Gasteiger partial charge in [0.25, 0.3) is 0 Å². The number of hydrogen-bond acceptors (Lipinski definition) is 3. The fourth-order valence-electron chi connectivity index (χ4n) is 1.63. The topological polar surface area (TPSA) is 76.5 Å². The van der Waals surface area contributed by atoms with E-state index in [4.69, 9.17) is 38.5 Å². The first-order valence-corrected chi connectivity index (χ1v) is 6.25. The molecule has 0 fully saturated rings. The first kappa shape index (κ1) is 13.9. The van der Waals surface area contributed by atoms with E-state index in [0.717, 1.165) is 0 Å². The highest BCUT2D eigenvalue weighted by Gasteiger charge is 2.15. The van der Waals surface area contributed by atoms with Crippen molar-refractivity contribution in [3.63, 3.8) is 0 Å². The molecule has 1 unspecified atom stereocenters. The van der Waals surface area contributed by atoms with Gasteiger partial charge >= 0.3 is 5.97 Å². The Bertz CT molecular complexity index is 610. The Hall–Kier alpha value is -1.49. The molecule has 19 heavy (non-hydrogen) atoms. The molecule has 0 aliphatic carbocycles.